The van der Waals surface area contributed by atoms with Crippen LogP contribution in [0.4, 0.5) is 0 Å². The predicted octanol–water partition coefficient (Wildman–Crippen LogP) is 3.68. The molecule has 0 aromatic heterocycles. The molecule has 2 rings (SSSR count). The highest BCUT2D eigenvalue weighted by Crippen LogP contribution is 2.20. The Morgan fingerprint density at radius 1 is 1.00 bits per heavy atom. The molecule has 1 atom stereocenters. The highest BCUT2D eigenvalue weighted by Gasteiger charge is 2.17. The maximum absolute atomic E-state index is 12.3. The van der Waals surface area contributed by atoms with Crippen LogP contribution in [-0.2, 0) is 4.79 Å². The lowest BCUT2D eigenvalue weighted by Gasteiger charge is -2.25. The van der Waals surface area contributed by atoms with Crippen LogP contribution >= 0.6 is 0 Å². The van der Waals surface area contributed by atoms with Gasteiger partial charge in [0.2, 0.25) is 0 Å². The molecule has 122 valence electrons. The second kappa shape index (κ2) is 8.22. The molecule has 4 heteroatoms. The van der Waals surface area contributed by atoms with Crippen molar-refractivity contribution in [2.75, 3.05) is 20.3 Å². The van der Waals surface area contributed by atoms with Crippen molar-refractivity contribution in [2.45, 2.75) is 19.9 Å². The number of nitrogens with zero attached hydrogens (tertiary/aromatic N) is 1. The Morgan fingerprint density at radius 3 is 2.13 bits per heavy atom. The normalized spacial score (nSPS) is 11.6. The number of benzene rings is 2. The molecule has 2 aromatic carbocycles. The van der Waals surface area contributed by atoms with Crippen LogP contribution in [0.3, 0.4) is 0 Å². The molecule has 0 heterocycles. The summed E-state index contributed by atoms with van der Waals surface area (Å²) >= 11 is 0. The van der Waals surface area contributed by atoms with Crippen LogP contribution in [0, 0.1) is 0 Å². The molecule has 0 fully saturated rings. The van der Waals surface area contributed by atoms with Gasteiger partial charge in [0.1, 0.15) is 11.5 Å². The number of likely N-dealkylation sites (N-methyl/N-ethyl adjacent to an activating group) is 1. The molecule has 0 aliphatic heterocycles. The fourth-order valence-corrected chi connectivity index (χ4v) is 2.22. The lowest BCUT2D eigenvalue weighted by Crippen LogP contribution is -2.33. The van der Waals surface area contributed by atoms with E-state index in [1.54, 1.807) is 24.1 Å². The summed E-state index contributed by atoms with van der Waals surface area (Å²) in [5, 5.41) is 0. The molecule has 1 unspecified atom stereocenters. The van der Waals surface area contributed by atoms with Gasteiger partial charge in [-0.25, -0.2) is 0 Å². The zero-order valence-electron chi connectivity index (χ0n) is 13.9. The van der Waals surface area contributed by atoms with E-state index in [4.69, 9.17) is 9.47 Å². The van der Waals surface area contributed by atoms with Crippen LogP contribution in [0.1, 0.15) is 25.5 Å². The zero-order valence-corrected chi connectivity index (χ0v) is 13.9. The Hall–Kier alpha value is -2.49. The van der Waals surface area contributed by atoms with Crippen LogP contribution in [0.25, 0.3) is 0 Å². The Balaban J connectivity index is 1.88. The van der Waals surface area contributed by atoms with Gasteiger partial charge >= 0.3 is 0 Å². The third-order valence-electron chi connectivity index (χ3n) is 3.75. The number of hydrogen-bond acceptors (Lipinski definition) is 3. The standard InChI is InChI=1S/C19H23NO3/c1-4-22-17-10-12-18(13-11-17)23-14-19(21)20(3)15(2)16-8-6-5-7-9-16/h5-13,15H,4,14H2,1-3H3. The number of ether oxygens (including phenoxy) is 2. The van der Waals surface area contributed by atoms with E-state index >= 15 is 0 Å². The van der Waals surface area contributed by atoms with Gasteiger partial charge in [-0.1, -0.05) is 30.3 Å². The molecule has 0 spiro atoms. The molecule has 0 saturated heterocycles. The first kappa shape index (κ1) is 16.9. The molecule has 1 amide bonds. The first-order valence-corrected chi connectivity index (χ1v) is 7.78. The average molecular weight is 313 g/mol. The average Bonchev–Trinajstić information content (AvgIpc) is 2.60. The molecule has 0 aliphatic carbocycles. The summed E-state index contributed by atoms with van der Waals surface area (Å²) in [5.41, 5.74) is 1.10. The Labute approximate surface area is 137 Å². The maximum Gasteiger partial charge on any atom is 0.260 e. The monoisotopic (exact) mass is 313 g/mol. The van der Waals surface area contributed by atoms with Gasteiger partial charge in [0, 0.05) is 7.05 Å². The summed E-state index contributed by atoms with van der Waals surface area (Å²) in [7, 11) is 1.79. The topological polar surface area (TPSA) is 38.8 Å². The van der Waals surface area contributed by atoms with E-state index in [1.165, 1.54) is 0 Å². The van der Waals surface area contributed by atoms with Crippen molar-refractivity contribution in [3.8, 4) is 11.5 Å². The summed E-state index contributed by atoms with van der Waals surface area (Å²) in [4.78, 5) is 14.0. The van der Waals surface area contributed by atoms with E-state index in [1.807, 2.05) is 56.3 Å². The summed E-state index contributed by atoms with van der Waals surface area (Å²) in [5.74, 6) is 1.39. The quantitative estimate of drug-likeness (QED) is 0.782. The van der Waals surface area contributed by atoms with Crippen molar-refractivity contribution in [1.29, 1.82) is 0 Å². The fourth-order valence-electron chi connectivity index (χ4n) is 2.22. The molecule has 0 radical (unpaired) electrons. The van der Waals surface area contributed by atoms with Crippen LogP contribution in [0.5, 0.6) is 11.5 Å². The minimum atomic E-state index is -0.0600. The predicted molar refractivity (Wildman–Crippen MR) is 90.7 cm³/mol. The Morgan fingerprint density at radius 2 is 1.57 bits per heavy atom. The van der Waals surface area contributed by atoms with Gasteiger partial charge in [0.15, 0.2) is 6.61 Å². The minimum absolute atomic E-state index is 0.00706. The molecule has 0 aliphatic rings. The van der Waals surface area contributed by atoms with Crippen LogP contribution in [0.2, 0.25) is 0 Å². The van der Waals surface area contributed by atoms with Gasteiger partial charge in [-0.2, -0.15) is 0 Å². The summed E-state index contributed by atoms with van der Waals surface area (Å²) in [6.45, 7) is 4.58. The SMILES string of the molecule is CCOc1ccc(OCC(=O)N(C)C(C)c2ccccc2)cc1. The second-order valence-corrected chi connectivity index (χ2v) is 5.28. The van der Waals surface area contributed by atoms with Crippen molar-refractivity contribution >= 4 is 5.91 Å². The van der Waals surface area contributed by atoms with E-state index in [2.05, 4.69) is 0 Å². The first-order valence-electron chi connectivity index (χ1n) is 7.78. The summed E-state index contributed by atoms with van der Waals surface area (Å²) < 4.78 is 10.9. The number of carbonyl (C=O) groups is 1. The Bertz CT molecular complexity index is 610. The van der Waals surface area contributed by atoms with Gasteiger partial charge in [0.25, 0.3) is 5.91 Å². The minimum Gasteiger partial charge on any atom is -0.494 e. The van der Waals surface area contributed by atoms with E-state index < -0.39 is 0 Å². The highest BCUT2D eigenvalue weighted by molar-refractivity contribution is 5.78. The van der Waals surface area contributed by atoms with Crippen molar-refractivity contribution in [2.24, 2.45) is 0 Å². The number of hydrogen-bond donors (Lipinski definition) is 0. The molecule has 0 N–H and O–H groups in total. The largest absolute Gasteiger partial charge is 0.494 e. The fraction of sp³-hybridized carbons (Fsp3) is 0.316. The third-order valence-corrected chi connectivity index (χ3v) is 3.75. The highest BCUT2D eigenvalue weighted by atomic mass is 16.5. The molecule has 4 nitrogen and oxygen atoms in total. The summed E-state index contributed by atoms with van der Waals surface area (Å²) in [6, 6.07) is 17.2. The molecule has 0 saturated carbocycles. The molecular formula is C19H23NO3. The van der Waals surface area contributed by atoms with Crippen molar-refractivity contribution in [3.63, 3.8) is 0 Å². The smallest absolute Gasteiger partial charge is 0.260 e. The van der Waals surface area contributed by atoms with Crippen LogP contribution in [-0.4, -0.2) is 31.1 Å². The molecule has 23 heavy (non-hydrogen) atoms. The van der Waals surface area contributed by atoms with Gasteiger partial charge in [-0.3, -0.25) is 4.79 Å². The molecular weight excluding hydrogens is 290 g/mol. The van der Waals surface area contributed by atoms with E-state index in [-0.39, 0.29) is 18.6 Å². The number of amides is 1. The molecule has 2 aromatic rings. The van der Waals surface area contributed by atoms with Gasteiger partial charge < -0.3 is 14.4 Å². The van der Waals surface area contributed by atoms with Crippen LogP contribution in [0.15, 0.2) is 54.6 Å². The number of carbonyl (C=O) groups excluding carboxylic acids is 1. The Kier molecular flexibility index (Phi) is 6.03. The van der Waals surface area contributed by atoms with Gasteiger partial charge in [-0.15, -0.1) is 0 Å². The van der Waals surface area contributed by atoms with Gasteiger partial charge in [0.05, 0.1) is 12.6 Å². The lowest BCUT2D eigenvalue weighted by atomic mass is 10.1. The first-order chi connectivity index (χ1) is 11.1. The third kappa shape index (κ3) is 4.74. The maximum atomic E-state index is 12.3. The second-order valence-electron chi connectivity index (χ2n) is 5.28. The number of rotatable bonds is 7. The van der Waals surface area contributed by atoms with Crippen LogP contribution < -0.4 is 9.47 Å². The zero-order chi connectivity index (χ0) is 16.7. The van der Waals surface area contributed by atoms with Gasteiger partial charge in [-0.05, 0) is 43.7 Å². The van der Waals surface area contributed by atoms with Crippen molar-refractivity contribution in [1.82, 2.24) is 4.90 Å². The van der Waals surface area contributed by atoms with Crippen molar-refractivity contribution in [3.05, 3.63) is 60.2 Å². The molecule has 0 bridgehead atoms. The lowest BCUT2D eigenvalue weighted by molar-refractivity contribution is -0.134. The van der Waals surface area contributed by atoms with E-state index in [0.29, 0.717) is 12.4 Å². The van der Waals surface area contributed by atoms with E-state index in [9.17, 15) is 4.79 Å². The van der Waals surface area contributed by atoms with Crippen molar-refractivity contribution < 1.29 is 14.3 Å². The van der Waals surface area contributed by atoms with E-state index in [0.717, 1.165) is 11.3 Å². The summed E-state index contributed by atoms with van der Waals surface area (Å²) in [6.07, 6.45) is 0.